The van der Waals surface area contributed by atoms with Gasteiger partial charge in [-0.1, -0.05) is 6.08 Å². The molecular formula is C9H18N2O2Si. The lowest BCUT2D eigenvalue weighted by molar-refractivity contribution is -0.125. The molecule has 0 aliphatic carbocycles. The molecule has 0 heterocycles. The second-order valence-electron chi connectivity index (χ2n) is 3.26. The van der Waals surface area contributed by atoms with Crippen molar-refractivity contribution in [2.24, 2.45) is 0 Å². The van der Waals surface area contributed by atoms with Crippen molar-refractivity contribution in [2.45, 2.75) is 19.9 Å². The van der Waals surface area contributed by atoms with Gasteiger partial charge in [-0.05, 0) is 6.04 Å². The fraction of sp³-hybridized carbons (Fsp3) is 0.556. The molecule has 80 valence electrons. The van der Waals surface area contributed by atoms with Crippen molar-refractivity contribution in [2.75, 3.05) is 14.1 Å². The molecule has 0 saturated carbocycles. The van der Waals surface area contributed by atoms with Gasteiger partial charge in [0.25, 0.3) is 9.12 Å². The normalized spacial score (nSPS) is 9.79. The van der Waals surface area contributed by atoms with Crippen LogP contribution in [0.3, 0.4) is 0 Å². The summed E-state index contributed by atoms with van der Waals surface area (Å²) in [4.78, 5) is 22.4. The number of carbonyl (C=O) groups excluding carboxylic acids is 2. The van der Waals surface area contributed by atoms with Gasteiger partial charge in [0.1, 0.15) is 0 Å². The molecule has 0 aliphatic heterocycles. The lowest BCUT2D eigenvalue weighted by Crippen LogP contribution is -2.52. The summed E-state index contributed by atoms with van der Waals surface area (Å²) in [5.41, 5.74) is 0. The van der Waals surface area contributed by atoms with Crippen LogP contribution in [0.5, 0.6) is 0 Å². The maximum absolute atomic E-state index is 11.2. The zero-order chi connectivity index (χ0) is 11.3. The van der Waals surface area contributed by atoms with E-state index < -0.39 is 9.12 Å². The van der Waals surface area contributed by atoms with E-state index in [0.717, 1.165) is 0 Å². The van der Waals surface area contributed by atoms with Crippen LogP contribution >= 0.6 is 0 Å². The van der Waals surface area contributed by atoms with Crippen molar-refractivity contribution in [1.82, 2.24) is 9.13 Å². The minimum atomic E-state index is -1.69. The Bertz CT molecular complexity index is 223. The summed E-state index contributed by atoms with van der Waals surface area (Å²) in [7, 11) is 1.79. The van der Waals surface area contributed by atoms with Crippen molar-refractivity contribution in [1.29, 1.82) is 0 Å². The number of rotatable bonds is 4. The van der Waals surface area contributed by atoms with Gasteiger partial charge in [0.05, 0.1) is 0 Å². The Kier molecular flexibility index (Phi) is 5.15. The highest BCUT2D eigenvalue weighted by molar-refractivity contribution is 6.58. The smallest absolute Gasteiger partial charge is 0.255 e. The first-order chi connectivity index (χ1) is 6.41. The Morgan fingerprint density at radius 2 is 1.57 bits per heavy atom. The van der Waals surface area contributed by atoms with Crippen LogP contribution in [0, 0.1) is 0 Å². The third-order valence-corrected chi connectivity index (χ3v) is 5.54. The number of amides is 2. The van der Waals surface area contributed by atoms with Crippen LogP contribution in [0.15, 0.2) is 12.7 Å². The molecule has 0 N–H and O–H groups in total. The van der Waals surface area contributed by atoms with Crippen molar-refractivity contribution in [3.05, 3.63) is 12.7 Å². The molecule has 0 saturated heterocycles. The maximum Gasteiger partial charge on any atom is 0.255 e. The van der Waals surface area contributed by atoms with E-state index in [1.54, 1.807) is 29.3 Å². The van der Waals surface area contributed by atoms with E-state index in [9.17, 15) is 9.59 Å². The summed E-state index contributed by atoms with van der Waals surface area (Å²) < 4.78 is 3.34. The van der Waals surface area contributed by atoms with Crippen molar-refractivity contribution >= 4 is 20.9 Å². The minimum absolute atomic E-state index is 0.00313. The Morgan fingerprint density at radius 3 is 1.79 bits per heavy atom. The topological polar surface area (TPSA) is 40.6 Å². The van der Waals surface area contributed by atoms with Crippen LogP contribution in [0.2, 0.25) is 6.04 Å². The quantitative estimate of drug-likeness (QED) is 0.500. The predicted molar refractivity (Wildman–Crippen MR) is 59.0 cm³/mol. The van der Waals surface area contributed by atoms with E-state index in [2.05, 4.69) is 6.58 Å². The molecule has 0 aromatic carbocycles. The molecule has 0 rings (SSSR count). The highest BCUT2D eigenvalue weighted by Crippen LogP contribution is 2.04. The lowest BCUT2D eigenvalue weighted by Gasteiger charge is -2.32. The van der Waals surface area contributed by atoms with Gasteiger partial charge >= 0.3 is 0 Å². The summed E-state index contributed by atoms with van der Waals surface area (Å²) in [6.45, 7) is 6.66. The first-order valence-corrected chi connectivity index (χ1v) is 6.34. The summed E-state index contributed by atoms with van der Waals surface area (Å²) in [6, 6.07) is 0.714. The molecule has 0 fully saturated rings. The Hall–Kier alpha value is -1.10. The molecule has 0 unspecified atom stereocenters. The van der Waals surface area contributed by atoms with Crippen LogP contribution in [0.1, 0.15) is 13.8 Å². The molecular weight excluding hydrogens is 196 g/mol. The van der Waals surface area contributed by atoms with Crippen LogP contribution in [0.4, 0.5) is 0 Å². The molecule has 2 amide bonds. The highest BCUT2D eigenvalue weighted by Gasteiger charge is 2.24. The largest absolute Gasteiger partial charge is 0.357 e. The Balaban J connectivity index is 4.65. The zero-order valence-electron chi connectivity index (χ0n) is 9.28. The van der Waals surface area contributed by atoms with Crippen LogP contribution in [-0.4, -0.2) is 44.2 Å². The van der Waals surface area contributed by atoms with Gasteiger partial charge < -0.3 is 9.13 Å². The number of nitrogens with zero attached hydrogens (tertiary/aromatic N) is 2. The van der Waals surface area contributed by atoms with E-state index in [0.29, 0.717) is 6.04 Å². The van der Waals surface area contributed by atoms with Gasteiger partial charge in [-0.25, -0.2) is 0 Å². The number of hydrogen-bond acceptors (Lipinski definition) is 2. The van der Waals surface area contributed by atoms with Crippen LogP contribution in [-0.2, 0) is 9.59 Å². The number of carbonyl (C=O) groups is 2. The maximum atomic E-state index is 11.2. The van der Waals surface area contributed by atoms with Gasteiger partial charge in [-0.2, -0.15) is 0 Å². The molecule has 0 spiro atoms. The highest BCUT2D eigenvalue weighted by atomic mass is 28.3. The monoisotopic (exact) mass is 214 g/mol. The van der Waals surface area contributed by atoms with E-state index in [1.807, 2.05) is 0 Å². The van der Waals surface area contributed by atoms with Crippen molar-refractivity contribution in [3.63, 3.8) is 0 Å². The molecule has 0 aromatic heterocycles. The van der Waals surface area contributed by atoms with Gasteiger partial charge in [-0.15, -0.1) is 6.58 Å². The number of allylic oxidation sites excluding steroid dienone is 1. The van der Waals surface area contributed by atoms with Crippen molar-refractivity contribution in [3.8, 4) is 0 Å². The summed E-state index contributed by atoms with van der Waals surface area (Å²) in [5, 5.41) is 0. The molecule has 5 heteroatoms. The molecule has 0 aromatic rings. The lowest BCUT2D eigenvalue weighted by atomic mass is 10.7. The SMILES string of the molecule is C=CC[SiH](N(C)C(C)=O)N(C)C(C)=O. The zero-order valence-corrected chi connectivity index (χ0v) is 10.4. The first-order valence-electron chi connectivity index (χ1n) is 4.49. The number of hydrogen-bond donors (Lipinski definition) is 0. The first kappa shape index (κ1) is 12.9. The van der Waals surface area contributed by atoms with E-state index in [4.69, 9.17) is 0 Å². The van der Waals surface area contributed by atoms with Crippen molar-refractivity contribution < 1.29 is 9.59 Å². The summed E-state index contributed by atoms with van der Waals surface area (Å²) >= 11 is 0. The third kappa shape index (κ3) is 3.33. The molecule has 0 atom stereocenters. The second kappa shape index (κ2) is 5.59. The minimum Gasteiger partial charge on any atom is -0.357 e. The average molecular weight is 214 g/mol. The van der Waals surface area contributed by atoms with E-state index in [-0.39, 0.29) is 11.8 Å². The fourth-order valence-electron chi connectivity index (χ4n) is 1.14. The molecule has 0 radical (unpaired) electrons. The molecule has 0 bridgehead atoms. The van der Waals surface area contributed by atoms with E-state index in [1.165, 1.54) is 13.8 Å². The van der Waals surface area contributed by atoms with Gasteiger partial charge in [0, 0.05) is 27.9 Å². The van der Waals surface area contributed by atoms with Gasteiger partial charge in [0.2, 0.25) is 11.8 Å². The molecule has 14 heavy (non-hydrogen) atoms. The summed E-state index contributed by atoms with van der Waals surface area (Å²) in [5.74, 6) is -0.00627. The summed E-state index contributed by atoms with van der Waals surface area (Å²) in [6.07, 6.45) is 1.76. The third-order valence-electron chi connectivity index (χ3n) is 2.27. The van der Waals surface area contributed by atoms with Crippen LogP contribution < -0.4 is 0 Å². The second-order valence-corrected chi connectivity index (χ2v) is 6.25. The molecule has 0 aliphatic rings. The van der Waals surface area contributed by atoms with Gasteiger partial charge in [0.15, 0.2) is 0 Å². The van der Waals surface area contributed by atoms with Gasteiger partial charge in [-0.3, -0.25) is 9.59 Å². The Morgan fingerprint density at radius 1 is 1.21 bits per heavy atom. The van der Waals surface area contributed by atoms with E-state index >= 15 is 0 Å². The molecule has 4 nitrogen and oxygen atoms in total. The Labute approximate surface area is 86.9 Å². The standard InChI is InChI=1S/C9H18N2O2Si/c1-6-7-14(10(4)8(2)12)11(5)9(3)13/h6,14H,1,7H2,2-5H3. The fourth-order valence-corrected chi connectivity index (χ4v) is 3.43. The predicted octanol–water partition coefficient (Wildman–Crippen LogP) is 0.349. The average Bonchev–Trinajstić information content (AvgIpc) is 2.11. The van der Waals surface area contributed by atoms with Crippen LogP contribution in [0.25, 0.3) is 0 Å².